The second kappa shape index (κ2) is 8.22. The fraction of sp³-hybridized carbons (Fsp3) is 0.200. The van der Waals surface area contributed by atoms with Crippen LogP contribution in [0.15, 0.2) is 61.3 Å². The summed E-state index contributed by atoms with van der Waals surface area (Å²) in [5, 5.41) is 0. The first kappa shape index (κ1) is 21.7. The van der Waals surface area contributed by atoms with E-state index in [1.54, 1.807) is 19.1 Å². The first-order valence-corrected chi connectivity index (χ1v) is 9.96. The summed E-state index contributed by atoms with van der Waals surface area (Å²) >= 11 is 0. The molecule has 0 amide bonds. The lowest BCUT2D eigenvalue weighted by Gasteiger charge is -2.28. The highest BCUT2D eigenvalue weighted by Crippen LogP contribution is 2.41. The number of carbonyl (C=O) groups is 1. The average Bonchev–Trinajstić information content (AvgIpc) is 2.77. The number of hydrogen-bond donors (Lipinski definition) is 0. The Morgan fingerprint density at radius 2 is 1.88 bits per heavy atom. The van der Waals surface area contributed by atoms with Gasteiger partial charge in [0.25, 0.3) is 0 Å². The average molecular weight is 441 g/mol. The van der Waals surface area contributed by atoms with Gasteiger partial charge in [-0.25, -0.2) is 4.39 Å². The SMILES string of the molecule is C=C(C(=O)c1cccc2c1OCCC2c1ncc(F)cc1C)c1ccc(C(F)(F)F)cc1. The molecule has 2 aromatic carbocycles. The number of hydrogen-bond acceptors (Lipinski definition) is 3. The number of alkyl halides is 3. The third-order valence-electron chi connectivity index (χ3n) is 5.57. The van der Waals surface area contributed by atoms with E-state index in [0.29, 0.717) is 35.6 Å². The summed E-state index contributed by atoms with van der Waals surface area (Å²) in [4.78, 5) is 17.4. The Bertz CT molecular complexity index is 1200. The molecule has 7 heteroatoms. The van der Waals surface area contributed by atoms with E-state index < -0.39 is 23.3 Å². The molecule has 1 aliphatic heterocycles. The summed E-state index contributed by atoms with van der Waals surface area (Å²) in [6, 6.07) is 10.9. The Labute approximate surface area is 182 Å². The number of halogens is 4. The predicted molar refractivity (Wildman–Crippen MR) is 112 cm³/mol. The van der Waals surface area contributed by atoms with Crippen molar-refractivity contribution in [1.82, 2.24) is 4.98 Å². The van der Waals surface area contributed by atoms with E-state index in [-0.39, 0.29) is 17.1 Å². The van der Waals surface area contributed by atoms with Crippen molar-refractivity contribution < 1.29 is 27.1 Å². The van der Waals surface area contributed by atoms with Crippen molar-refractivity contribution in [1.29, 1.82) is 0 Å². The van der Waals surface area contributed by atoms with Crippen LogP contribution in [-0.2, 0) is 6.18 Å². The zero-order valence-corrected chi connectivity index (χ0v) is 17.2. The Morgan fingerprint density at radius 3 is 2.53 bits per heavy atom. The molecule has 4 rings (SSSR count). The molecule has 1 aliphatic rings. The summed E-state index contributed by atoms with van der Waals surface area (Å²) in [6.45, 7) is 5.92. The molecule has 0 saturated heterocycles. The van der Waals surface area contributed by atoms with E-state index in [1.165, 1.54) is 24.4 Å². The molecule has 1 atom stereocenters. The lowest BCUT2D eigenvalue weighted by Crippen LogP contribution is -2.19. The number of aryl methyl sites for hydroxylation is 1. The number of carbonyl (C=O) groups excluding carboxylic acids is 1. The van der Waals surface area contributed by atoms with Crippen molar-refractivity contribution in [2.45, 2.75) is 25.4 Å². The maximum absolute atomic E-state index is 13.5. The monoisotopic (exact) mass is 441 g/mol. The summed E-state index contributed by atoms with van der Waals surface area (Å²) in [6.07, 6.45) is -2.68. The molecule has 0 aliphatic carbocycles. The zero-order chi connectivity index (χ0) is 23.0. The van der Waals surface area contributed by atoms with E-state index in [1.807, 2.05) is 6.07 Å². The van der Waals surface area contributed by atoms with Crippen molar-refractivity contribution >= 4 is 11.4 Å². The molecular formula is C25H19F4NO2. The molecule has 0 fully saturated rings. The largest absolute Gasteiger partial charge is 0.492 e. The van der Waals surface area contributed by atoms with E-state index in [0.717, 1.165) is 17.7 Å². The lowest BCUT2D eigenvalue weighted by atomic mass is 9.85. The van der Waals surface area contributed by atoms with Gasteiger partial charge in [0, 0.05) is 17.1 Å². The number of benzene rings is 2. The van der Waals surface area contributed by atoms with Gasteiger partial charge in [-0.2, -0.15) is 13.2 Å². The van der Waals surface area contributed by atoms with Gasteiger partial charge < -0.3 is 4.74 Å². The van der Waals surface area contributed by atoms with Crippen molar-refractivity contribution in [2.24, 2.45) is 0 Å². The fourth-order valence-corrected chi connectivity index (χ4v) is 3.96. The normalized spacial score (nSPS) is 15.6. The summed E-state index contributed by atoms with van der Waals surface area (Å²) in [5.74, 6) is -0.639. The van der Waals surface area contributed by atoms with Crippen LogP contribution in [0.3, 0.4) is 0 Å². The van der Waals surface area contributed by atoms with Gasteiger partial charge >= 0.3 is 6.18 Å². The van der Waals surface area contributed by atoms with Crippen molar-refractivity contribution in [2.75, 3.05) is 6.61 Å². The molecule has 1 unspecified atom stereocenters. The van der Waals surface area contributed by atoms with E-state index in [4.69, 9.17) is 4.74 Å². The van der Waals surface area contributed by atoms with E-state index in [2.05, 4.69) is 11.6 Å². The second-order valence-electron chi connectivity index (χ2n) is 7.65. The van der Waals surface area contributed by atoms with Crippen LogP contribution < -0.4 is 4.74 Å². The first-order valence-electron chi connectivity index (χ1n) is 9.96. The molecule has 0 saturated carbocycles. The maximum Gasteiger partial charge on any atom is 0.416 e. The van der Waals surface area contributed by atoms with Crippen LogP contribution in [-0.4, -0.2) is 17.4 Å². The molecule has 0 bridgehead atoms. The summed E-state index contributed by atoms with van der Waals surface area (Å²) in [5.41, 5.74) is 2.00. The van der Waals surface area contributed by atoms with Crippen molar-refractivity contribution in [3.05, 3.63) is 101 Å². The minimum absolute atomic E-state index is 0.0638. The number of fused-ring (bicyclic) bond motifs is 1. The highest BCUT2D eigenvalue weighted by Gasteiger charge is 2.31. The number of Topliss-reactive ketones (excluding diaryl/α,β-unsaturated/α-hetero) is 1. The number of allylic oxidation sites excluding steroid dienone is 1. The number of rotatable bonds is 4. The number of ketones is 1. The number of nitrogens with zero attached hydrogens (tertiary/aromatic N) is 1. The minimum atomic E-state index is -4.46. The van der Waals surface area contributed by atoms with Gasteiger partial charge in [-0.3, -0.25) is 9.78 Å². The van der Waals surface area contributed by atoms with Gasteiger partial charge in [0.15, 0.2) is 5.78 Å². The standard InChI is InChI=1S/C25H19F4NO2/c1-14-12-18(26)13-30-22(14)19-10-11-32-24-20(19)4-3-5-21(24)23(31)15(2)16-6-8-17(9-7-16)25(27,28)29/h3-9,12-13,19H,2,10-11H2,1H3. The Kier molecular flexibility index (Phi) is 5.59. The van der Waals surface area contributed by atoms with Gasteiger partial charge in [-0.15, -0.1) is 0 Å². The molecule has 0 spiro atoms. The van der Waals surface area contributed by atoms with E-state index in [9.17, 15) is 22.4 Å². The summed E-state index contributed by atoms with van der Waals surface area (Å²) < 4.78 is 57.8. The lowest BCUT2D eigenvalue weighted by molar-refractivity contribution is -0.137. The van der Waals surface area contributed by atoms with Crippen LogP contribution in [0.1, 0.15) is 50.6 Å². The minimum Gasteiger partial charge on any atom is -0.492 e. The third-order valence-corrected chi connectivity index (χ3v) is 5.57. The van der Waals surface area contributed by atoms with Crippen LogP contribution >= 0.6 is 0 Å². The first-order chi connectivity index (χ1) is 15.2. The van der Waals surface area contributed by atoms with E-state index >= 15 is 0 Å². The van der Waals surface area contributed by atoms with Crippen LogP contribution in [0.2, 0.25) is 0 Å². The third kappa shape index (κ3) is 4.02. The van der Waals surface area contributed by atoms with Crippen molar-refractivity contribution in [3.8, 4) is 5.75 Å². The van der Waals surface area contributed by atoms with Crippen molar-refractivity contribution in [3.63, 3.8) is 0 Å². The quantitative estimate of drug-likeness (QED) is 0.269. The smallest absolute Gasteiger partial charge is 0.416 e. The zero-order valence-electron chi connectivity index (χ0n) is 17.2. The van der Waals surface area contributed by atoms with Crippen LogP contribution in [0, 0.1) is 12.7 Å². The maximum atomic E-state index is 13.5. The molecule has 3 nitrogen and oxygen atoms in total. The highest BCUT2D eigenvalue weighted by molar-refractivity contribution is 6.29. The number of ether oxygens (including phenoxy) is 1. The number of pyridine rings is 1. The predicted octanol–water partition coefficient (Wildman–Crippen LogP) is 6.36. The molecule has 2 heterocycles. The molecule has 0 radical (unpaired) electrons. The second-order valence-corrected chi connectivity index (χ2v) is 7.65. The Morgan fingerprint density at radius 1 is 1.16 bits per heavy atom. The van der Waals surface area contributed by atoms with Gasteiger partial charge in [0.1, 0.15) is 11.6 Å². The van der Waals surface area contributed by atoms with Crippen LogP contribution in [0.4, 0.5) is 17.6 Å². The van der Waals surface area contributed by atoms with Gasteiger partial charge in [-0.05, 0) is 48.7 Å². The van der Waals surface area contributed by atoms with Gasteiger partial charge in [0.2, 0.25) is 0 Å². The van der Waals surface area contributed by atoms with Gasteiger partial charge in [0.05, 0.1) is 29.6 Å². The number of aromatic nitrogens is 1. The molecule has 1 aromatic heterocycles. The van der Waals surface area contributed by atoms with Crippen LogP contribution in [0.25, 0.3) is 5.57 Å². The topological polar surface area (TPSA) is 39.2 Å². The molecular weight excluding hydrogens is 422 g/mol. The highest BCUT2D eigenvalue weighted by atomic mass is 19.4. The Hall–Kier alpha value is -3.48. The number of para-hydroxylation sites is 1. The van der Waals surface area contributed by atoms with Gasteiger partial charge in [-0.1, -0.05) is 30.8 Å². The molecule has 32 heavy (non-hydrogen) atoms. The Balaban J connectivity index is 1.68. The molecule has 3 aromatic rings. The molecule has 164 valence electrons. The summed E-state index contributed by atoms with van der Waals surface area (Å²) in [7, 11) is 0. The van der Waals surface area contributed by atoms with Crippen LogP contribution in [0.5, 0.6) is 5.75 Å². The fourth-order valence-electron chi connectivity index (χ4n) is 3.96. The molecule has 0 N–H and O–H groups in total.